The number of hydrogen-bond acceptors (Lipinski definition) is 6. The van der Waals surface area contributed by atoms with Crippen molar-refractivity contribution >= 4 is 23.1 Å². The zero-order valence-corrected chi connectivity index (χ0v) is 18.1. The summed E-state index contributed by atoms with van der Waals surface area (Å²) in [5.41, 5.74) is 4.23. The van der Waals surface area contributed by atoms with Crippen LogP contribution in [0.4, 0.5) is 0 Å². The monoisotopic (exact) mass is 423 g/mol. The largest absolute Gasteiger partial charge is 0.493 e. The molecular weight excluding hydrogens is 402 g/mol. The van der Waals surface area contributed by atoms with E-state index in [1.165, 1.54) is 0 Å². The summed E-state index contributed by atoms with van der Waals surface area (Å²) in [4.78, 5) is 9.39. The molecule has 2 heterocycles. The summed E-state index contributed by atoms with van der Waals surface area (Å²) in [6.07, 6.45) is 1.92. The molecule has 0 radical (unpaired) electrons. The van der Waals surface area contributed by atoms with E-state index in [1.807, 2.05) is 49.6 Å². The van der Waals surface area contributed by atoms with Crippen molar-refractivity contribution < 1.29 is 9.47 Å². The summed E-state index contributed by atoms with van der Waals surface area (Å²) >= 11 is 3.29. The third kappa shape index (κ3) is 4.02. The molecule has 0 bridgehead atoms. The number of rotatable bonds is 7. The first kappa shape index (κ1) is 19.5. The number of hydrogen-bond donors (Lipinski definition) is 0. The van der Waals surface area contributed by atoms with Gasteiger partial charge < -0.3 is 14.0 Å². The van der Waals surface area contributed by atoms with Gasteiger partial charge >= 0.3 is 0 Å². The molecule has 0 unspecified atom stereocenters. The van der Waals surface area contributed by atoms with E-state index in [0.29, 0.717) is 11.5 Å². The lowest BCUT2D eigenvalue weighted by Gasteiger charge is -2.10. The molecule has 2 aromatic carbocycles. The van der Waals surface area contributed by atoms with Crippen LogP contribution in [0.1, 0.15) is 5.69 Å². The number of aromatic nitrogens is 3. The van der Waals surface area contributed by atoms with Crippen LogP contribution in [-0.2, 0) is 12.8 Å². The van der Waals surface area contributed by atoms with E-state index in [-0.39, 0.29) is 0 Å². The third-order valence-corrected chi connectivity index (χ3v) is 6.55. The van der Waals surface area contributed by atoms with E-state index < -0.39 is 0 Å². The third-order valence-electron chi connectivity index (χ3n) is 4.55. The van der Waals surface area contributed by atoms with Gasteiger partial charge in [0.05, 0.1) is 37.4 Å². The maximum absolute atomic E-state index is 5.54. The highest BCUT2D eigenvalue weighted by molar-refractivity contribution is 7.98. The van der Waals surface area contributed by atoms with Gasteiger partial charge in [-0.2, -0.15) is 0 Å². The van der Waals surface area contributed by atoms with Gasteiger partial charge in [0.2, 0.25) is 0 Å². The Morgan fingerprint density at radius 3 is 2.62 bits per heavy atom. The second-order valence-corrected chi connectivity index (χ2v) is 8.13. The summed E-state index contributed by atoms with van der Waals surface area (Å²) in [7, 11) is 5.34. The summed E-state index contributed by atoms with van der Waals surface area (Å²) in [5.74, 6) is 2.17. The number of ether oxygens (including phenoxy) is 2. The molecular formula is C22H21N3O2S2. The molecule has 2 aromatic heterocycles. The molecule has 7 heteroatoms. The fraction of sp³-hybridized carbons (Fsp3) is 0.182. The molecule has 29 heavy (non-hydrogen) atoms. The summed E-state index contributed by atoms with van der Waals surface area (Å²) in [6.45, 7) is 0. The Kier molecular flexibility index (Phi) is 5.87. The topological polar surface area (TPSA) is 49.2 Å². The van der Waals surface area contributed by atoms with E-state index in [9.17, 15) is 0 Å². The van der Waals surface area contributed by atoms with Crippen LogP contribution >= 0.6 is 23.1 Å². The lowest BCUT2D eigenvalue weighted by atomic mass is 10.2. The highest BCUT2D eigenvalue weighted by Crippen LogP contribution is 2.39. The number of thiazole rings is 1. The summed E-state index contributed by atoms with van der Waals surface area (Å²) in [6, 6.07) is 16.1. The van der Waals surface area contributed by atoms with Crippen molar-refractivity contribution in [3.63, 3.8) is 0 Å². The lowest BCUT2D eigenvalue weighted by molar-refractivity contribution is 0.356. The van der Waals surface area contributed by atoms with Crippen LogP contribution in [0.2, 0.25) is 0 Å². The minimum Gasteiger partial charge on any atom is -0.493 e. The Morgan fingerprint density at radius 1 is 1.03 bits per heavy atom. The number of imidazole rings is 1. The fourth-order valence-electron chi connectivity index (χ4n) is 3.09. The van der Waals surface area contributed by atoms with Gasteiger partial charge in [0.25, 0.3) is 0 Å². The Morgan fingerprint density at radius 2 is 1.86 bits per heavy atom. The number of para-hydroxylation sites is 1. The molecule has 0 saturated heterocycles. The average Bonchev–Trinajstić information content (AvgIpc) is 3.38. The maximum atomic E-state index is 5.54. The number of nitrogens with zero attached hydrogens (tertiary/aromatic N) is 3. The normalized spacial score (nSPS) is 10.9. The van der Waals surface area contributed by atoms with Gasteiger partial charge in [0, 0.05) is 18.2 Å². The van der Waals surface area contributed by atoms with Crippen molar-refractivity contribution in [2.75, 3.05) is 14.2 Å². The number of methoxy groups -OCH3 is 2. The highest BCUT2D eigenvalue weighted by atomic mass is 32.2. The van der Waals surface area contributed by atoms with E-state index in [1.54, 1.807) is 37.3 Å². The van der Waals surface area contributed by atoms with Crippen LogP contribution in [0.25, 0.3) is 21.8 Å². The number of thioether (sulfide) groups is 1. The molecule has 4 rings (SSSR count). The van der Waals surface area contributed by atoms with Crippen molar-refractivity contribution in [1.29, 1.82) is 0 Å². The van der Waals surface area contributed by atoms with Crippen molar-refractivity contribution in [1.82, 2.24) is 14.5 Å². The van der Waals surface area contributed by atoms with E-state index >= 15 is 0 Å². The van der Waals surface area contributed by atoms with Crippen LogP contribution in [0.5, 0.6) is 11.5 Å². The van der Waals surface area contributed by atoms with Gasteiger partial charge in [-0.3, -0.25) is 0 Å². The maximum Gasteiger partial charge on any atom is 0.170 e. The van der Waals surface area contributed by atoms with Crippen LogP contribution in [0.3, 0.4) is 0 Å². The Balaban J connectivity index is 1.51. The van der Waals surface area contributed by atoms with Crippen LogP contribution in [0, 0.1) is 0 Å². The zero-order valence-electron chi connectivity index (χ0n) is 16.5. The Hall–Kier alpha value is -2.77. The van der Waals surface area contributed by atoms with Gasteiger partial charge in [-0.1, -0.05) is 48.2 Å². The van der Waals surface area contributed by atoms with Gasteiger partial charge in [-0.15, -0.1) is 11.3 Å². The standard InChI is InChI=1S/C22H21N3O2S2/c1-25-18(15-8-5-4-6-9-15)12-23-22(25)29-14-16-13-28-21(24-16)17-10-7-11-19(26-2)20(17)27-3/h4-13H,14H2,1-3H3. The van der Waals surface area contributed by atoms with E-state index in [2.05, 4.69) is 27.1 Å². The van der Waals surface area contributed by atoms with Crippen LogP contribution < -0.4 is 9.47 Å². The Labute approximate surface area is 178 Å². The first-order chi connectivity index (χ1) is 14.2. The van der Waals surface area contributed by atoms with Crippen molar-refractivity contribution in [2.24, 2.45) is 7.05 Å². The van der Waals surface area contributed by atoms with E-state index in [0.717, 1.165) is 38.4 Å². The SMILES string of the molecule is COc1cccc(-c2nc(CSc3ncc(-c4ccccc4)n3C)cs2)c1OC. The predicted molar refractivity (Wildman–Crippen MR) is 119 cm³/mol. The molecule has 0 amide bonds. The first-order valence-electron chi connectivity index (χ1n) is 9.07. The zero-order chi connectivity index (χ0) is 20.2. The molecule has 5 nitrogen and oxygen atoms in total. The van der Waals surface area contributed by atoms with Gasteiger partial charge in [-0.25, -0.2) is 9.97 Å². The molecule has 0 aliphatic rings. The van der Waals surface area contributed by atoms with Gasteiger partial charge in [-0.05, 0) is 17.7 Å². The number of benzene rings is 2. The molecule has 0 atom stereocenters. The van der Waals surface area contributed by atoms with Crippen LogP contribution in [-0.4, -0.2) is 28.8 Å². The molecule has 0 aliphatic carbocycles. The quantitative estimate of drug-likeness (QED) is 0.366. The molecule has 0 saturated carbocycles. The predicted octanol–water partition coefficient (Wildman–Crippen LogP) is 5.52. The first-order valence-corrected chi connectivity index (χ1v) is 10.9. The molecule has 0 spiro atoms. The summed E-state index contributed by atoms with van der Waals surface area (Å²) in [5, 5.41) is 3.97. The van der Waals surface area contributed by atoms with E-state index in [4.69, 9.17) is 14.5 Å². The molecule has 4 aromatic rings. The highest BCUT2D eigenvalue weighted by Gasteiger charge is 2.15. The van der Waals surface area contributed by atoms with Gasteiger partial charge in [0.1, 0.15) is 5.01 Å². The second-order valence-electron chi connectivity index (χ2n) is 6.32. The Bertz CT molecular complexity index is 1110. The fourth-order valence-corrected chi connectivity index (χ4v) is 4.89. The van der Waals surface area contributed by atoms with Crippen molar-refractivity contribution in [2.45, 2.75) is 10.9 Å². The van der Waals surface area contributed by atoms with Crippen LogP contribution in [0.15, 0.2) is 65.3 Å². The van der Waals surface area contributed by atoms with Crippen molar-refractivity contribution in [3.05, 3.63) is 65.8 Å². The average molecular weight is 424 g/mol. The summed E-state index contributed by atoms with van der Waals surface area (Å²) < 4.78 is 13.1. The lowest BCUT2D eigenvalue weighted by Crippen LogP contribution is -1.95. The van der Waals surface area contributed by atoms with Gasteiger partial charge in [0.15, 0.2) is 16.7 Å². The minimum atomic E-state index is 0.706. The molecule has 0 N–H and O–H groups in total. The van der Waals surface area contributed by atoms with Crippen molar-refractivity contribution in [3.8, 4) is 33.3 Å². The molecule has 148 valence electrons. The molecule has 0 aliphatic heterocycles. The smallest absolute Gasteiger partial charge is 0.170 e. The molecule has 0 fully saturated rings. The second kappa shape index (κ2) is 8.71. The minimum absolute atomic E-state index is 0.706.